The van der Waals surface area contributed by atoms with Gasteiger partial charge >= 0.3 is 0 Å². The van der Waals surface area contributed by atoms with Crippen LogP contribution in [-0.4, -0.2) is 43.2 Å². The SMILES string of the molecule is Cc1cccc(O[C@@H]2CCN(S(C)(=O)=O)C2)n1. The molecule has 1 aromatic heterocycles. The molecule has 1 fully saturated rings. The van der Waals surface area contributed by atoms with Crippen molar-refractivity contribution >= 4 is 10.0 Å². The Morgan fingerprint density at radius 3 is 2.82 bits per heavy atom. The third-order valence-electron chi connectivity index (χ3n) is 2.73. The Bertz CT molecular complexity index is 501. The van der Waals surface area contributed by atoms with E-state index >= 15 is 0 Å². The molecule has 6 heteroatoms. The number of aryl methyl sites for hydroxylation is 1. The van der Waals surface area contributed by atoms with Crippen molar-refractivity contribution < 1.29 is 13.2 Å². The first-order valence-corrected chi connectivity index (χ1v) is 7.35. The minimum Gasteiger partial charge on any atom is -0.473 e. The van der Waals surface area contributed by atoms with Crippen molar-refractivity contribution in [3.63, 3.8) is 0 Å². The molecule has 0 saturated carbocycles. The Morgan fingerprint density at radius 2 is 2.24 bits per heavy atom. The van der Waals surface area contributed by atoms with E-state index in [0.29, 0.717) is 25.4 Å². The van der Waals surface area contributed by atoms with Gasteiger partial charge in [0.2, 0.25) is 15.9 Å². The minimum atomic E-state index is -3.10. The van der Waals surface area contributed by atoms with E-state index in [9.17, 15) is 8.42 Å². The van der Waals surface area contributed by atoms with Gasteiger partial charge in [0.25, 0.3) is 0 Å². The van der Waals surface area contributed by atoms with Crippen LogP contribution in [0, 0.1) is 6.92 Å². The van der Waals surface area contributed by atoms with E-state index in [2.05, 4.69) is 4.98 Å². The lowest BCUT2D eigenvalue weighted by Crippen LogP contribution is -2.30. The Hall–Kier alpha value is -1.14. The van der Waals surface area contributed by atoms with Crippen molar-refractivity contribution in [1.82, 2.24) is 9.29 Å². The molecular formula is C11H16N2O3S. The summed E-state index contributed by atoms with van der Waals surface area (Å²) in [4.78, 5) is 4.23. The van der Waals surface area contributed by atoms with Gasteiger partial charge in [-0.3, -0.25) is 0 Å². The zero-order valence-corrected chi connectivity index (χ0v) is 10.8. The zero-order chi connectivity index (χ0) is 12.5. The molecule has 5 nitrogen and oxygen atoms in total. The summed E-state index contributed by atoms with van der Waals surface area (Å²) in [5, 5.41) is 0. The highest BCUT2D eigenvalue weighted by Gasteiger charge is 2.29. The number of ether oxygens (including phenoxy) is 1. The van der Waals surface area contributed by atoms with Gasteiger partial charge < -0.3 is 4.74 Å². The predicted molar refractivity (Wildman–Crippen MR) is 64.4 cm³/mol. The average Bonchev–Trinajstić information content (AvgIpc) is 2.65. The van der Waals surface area contributed by atoms with E-state index in [0.717, 1.165) is 5.69 Å². The number of rotatable bonds is 3. The molecule has 1 aromatic rings. The second-order valence-corrected chi connectivity index (χ2v) is 6.25. The van der Waals surface area contributed by atoms with Crippen molar-refractivity contribution in [2.45, 2.75) is 19.4 Å². The fourth-order valence-corrected chi connectivity index (χ4v) is 2.72. The molecule has 1 aliphatic heterocycles. The van der Waals surface area contributed by atoms with Crippen molar-refractivity contribution in [2.24, 2.45) is 0 Å². The van der Waals surface area contributed by atoms with Crippen LogP contribution >= 0.6 is 0 Å². The molecule has 0 aliphatic carbocycles. The average molecular weight is 256 g/mol. The van der Waals surface area contributed by atoms with Crippen LogP contribution < -0.4 is 4.74 Å². The fourth-order valence-electron chi connectivity index (χ4n) is 1.85. The molecule has 0 spiro atoms. The normalized spacial score (nSPS) is 21.6. The molecule has 1 aliphatic rings. The number of sulfonamides is 1. The molecule has 2 heterocycles. The van der Waals surface area contributed by atoms with Crippen LogP contribution in [0.4, 0.5) is 0 Å². The number of nitrogens with zero attached hydrogens (tertiary/aromatic N) is 2. The van der Waals surface area contributed by atoms with Gasteiger partial charge in [-0.05, 0) is 19.4 Å². The van der Waals surface area contributed by atoms with Gasteiger partial charge in [-0.2, -0.15) is 4.31 Å². The molecule has 1 atom stereocenters. The zero-order valence-electron chi connectivity index (χ0n) is 9.96. The lowest BCUT2D eigenvalue weighted by molar-refractivity contribution is 0.206. The fraction of sp³-hybridized carbons (Fsp3) is 0.545. The van der Waals surface area contributed by atoms with Gasteiger partial charge in [-0.15, -0.1) is 0 Å². The molecule has 0 bridgehead atoms. The highest BCUT2D eigenvalue weighted by molar-refractivity contribution is 7.88. The standard InChI is InChI=1S/C11H16N2O3S/c1-9-4-3-5-11(12-9)16-10-6-7-13(8-10)17(2,14)15/h3-5,10H,6-8H2,1-2H3/t10-/m1/s1. The van der Waals surface area contributed by atoms with E-state index in [1.54, 1.807) is 6.07 Å². The van der Waals surface area contributed by atoms with Gasteiger partial charge in [0.15, 0.2) is 0 Å². The van der Waals surface area contributed by atoms with E-state index in [1.807, 2.05) is 19.1 Å². The van der Waals surface area contributed by atoms with Crippen LogP contribution in [0.5, 0.6) is 5.88 Å². The predicted octanol–water partition coefficient (Wildman–Crippen LogP) is 0.803. The third kappa shape index (κ3) is 3.17. The third-order valence-corrected chi connectivity index (χ3v) is 4.00. The lowest BCUT2D eigenvalue weighted by Gasteiger charge is -2.14. The first-order chi connectivity index (χ1) is 7.95. The van der Waals surface area contributed by atoms with Gasteiger partial charge in [0, 0.05) is 18.3 Å². The van der Waals surface area contributed by atoms with Crippen molar-refractivity contribution in [2.75, 3.05) is 19.3 Å². The van der Waals surface area contributed by atoms with Gasteiger partial charge in [-0.1, -0.05) is 6.07 Å². The van der Waals surface area contributed by atoms with E-state index in [-0.39, 0.29) is 6.10 Å². The maximum atomic E-state index is 11.3. The Morgan fingerprint density at radius 1 is 1.47 bits per heavy atom. The first-order valence-electron chi connectivity index (χ1n) is 5.50. The highest BCUT2D eigenvalue weighted by Crippen LogP contribution is 2.18. The molecule has 17 heavy (non-hydrogen) atoms. The monoisotopic (exact) mass is 256 g/mol. The van der Waals surface area contributed by atoms with Crippen molar-refractivity contribution in [3.8, 4) is 5.88 Å². The van der Waals surface area contributed by atoms with E-state index in [4.69, 9.17) is 4.74 Å². The first kappa shape index (κ1) is 12.3. The topological polar surface area (TPSA) is 59.5 Å². The highest BCUT2D eigenvalue weighted by atomic mass is 32.2. The maximum Gasteiger partial charge on any atom is 0.213 e. The maximum absolute atomic E-state index is 11.3. The van der Waals surface area contributed by atoms with Crippen LogP contribution in [0.15, 0.2) is 18.2 Å². The number of pyridine rings is 1. The number of hydrogen-bond donors (Lipinski definition) is 0. The summed E-state index contributed by atoms with van der Waals surface area (Å²) in [5.74, 6) is 0.561. The van der Waals surface area contributed by atoms with E-state index in [1.165, 1.54) is 10.6 Å². The summed E-state index contributed by atoms with van der Waals surface area (Å²) < 4.78 is 29.8. The Balaban J connectivity index is 1.99. The summed E-state index contributed by atoms with van der Waals surface area (Å²) in [5.41, 5.74) is 0.889. The number of hydrogen-bond acceptors (Lipinski definition) is 4. The van der Waals surface area contributed by atoms with Gasteiger partial charge in [0.1, 0.15) is 6.10 Å². The van der Waals surface area contributed by atoms with E-state index < -0.39 is 10.0 Å². The van der Waals surface area contributed by atoms with Crippen molar-refractivity contribution in [1.29, 1.82) is 0 Å². The number of aromatic nitrogens is 1. The summed E-state index contributed by atoms with van der Waals surface area (Å²) in [6, 6.07) is 5.56. The van der Waals surface area contributed by atoms with Crippen LogP contribution in [0.2, 0.25) is 0 Å². The molecule has 1 saturated heterocycles. The van der Waals surface area contributed by atoms with Gasteiger partial charge in [-0.25, -0.2) is 13.4 Å². The summed E-state index contributed by atoms with van der Waals surface area (Å²) in [7, 11) is -3.10. The molecule has 0 radical (unpaired) electrons. The van der Waals surface area contributed by atoms with Gasteiger partial charge in [0.05, 0.1) is 12.8 Å². The van der Waals surface area contributed by atoms with Crippen LogP contribution in [0.1, 0.15) is 12.1 Å². The quantitative estimate of drug-likeness (QED) is 0.802. The lowest BCUT2D eigenvalue weighted by atomic mass is 10.3. The second-order valence-electron chi connectivity index (χ2n) is 4.27. The Labute approximate surface area is 101 Å². The second kappa shape index (κ2) is 4.62. The Kier molecular flexibility index (Phi) is 3.35. The van der Waals surface area contributed by atoms with Crippen LogP contribution in [0.25, 0.3) is 0 Å². The minimum absolute atomic E-state index is 0.0981. The molecule has 0 N–H and O–H groups in total. The van der Waals surface area contributed by atoms with Crippen LogP contribution in [0.3, 0.4) is 0 Å². The summed E-state index contributed by atoms with van der Waals surface area (Å²) in [6.45, 7) is 2.83. The molecule has 94 valence electrons. The largest absolute Gasteiger partial charge is 0.473 e. The molecule has 0 aromatic carbocycles. The summed E-state index contributed by atoms with van der Waals surface area (Å²) >= 11 is 0. The van der Waals surface area contributed by atoms with Crippen LogP contribution in [-0.2, 0) is 10.0 Å². The smallest absolute Gasteiger partial charge is 0.213 e. The molecular weight excluding hydrogens is 240 g/mol. The molecule has 0 unspecified atom stereocenters. The summed E-state index contributed by atoms with van der Waals surface area (Å²) in [6.07, 6.45) is 1.84. The van der Waals surface area contributed by atoms with Crippen molar-refractivity contribution in [3.05, 3.63) is 23.9 Å². The molecule has 0 amide bonds. The molecule has 2 rings (SSSR count).